The van der Waals surface area contributed by atoms with Gasteiger partial charge in [0.25, 0.3) is 5.91 Å². The lowest BCUT2D eigenvalue weighted by molar-refractivity contribution is 0.0997. The van der Waals surface area contributed by atoms with Crippen LogP contribution in [-0.4, -0.2) is 36.0 Å². The largest absolute Gasteiger partial charge is 0.494 e. The molecule has 1 aromatic heterocycles. The van der Waals surface area contributed by atoms with Crippen molar-refractivity contribution in [3.63, 3.8) is 0 Å². The zero-order chi connectivity index (χ0) is 20.8. The summed E-state index contributed by atoms with van der Waals surface area (Å²) in [6.07, 6.45) is 0. The van der Waals surface area contributed by atoms with Gasteiger partial charge in [-0.15, -0.1) is 11.8 Å². The van der Waals surface area contributed by atoms with E-state index >= 15 is 0 Å². The zero-order valence-electron chi connectivity index (χ0n) is 17.2. The van der Waals surface area contributed by atoms with E-state index in [0.717, 1.165) is 20.9 Å². The van der Waals surface area contributed by atoms with Gasteiger partial charge in [0, 0.05) is 29.4 Å². The van der Waals surface area contributed by atoms with Crippen LogP contribution in [0.1, 0.15) is 31.1 Å². The number of benzene rings is 2. The van der Waals surface area contributed by atoms with Crippen LogP contribution in [0.4, 0.5) is 0 Å². The molecular formula is C22H26N2O3S2. The number of nitrogens with zero attached hydrogens (tertiary/aromatic N) is 2. The van der Waals surface area contributed by atoms with E-state index in [1.807, 2.05) is 54.0 Å². The molecule has 0 aliphatic rings. The highest BCUT2D eigenvalue weighted by molar-refractivity contribution is 7.99. The fourth-order valence-electron chi connectivity index (χ4n) is 2.89. The van der Waals surface area contributed by atoms with Gasteiger partial charge in [-0.3, -0.25) is 4.79 Å². The predicted molar refractivity (Wildman–Crippen MR) is 120 cm³/mol. The fourth-order valence-corrected chi connectivity index (χ4v) is 4.81. The molecule has 0 saturated heterocycles. The lowest BCUT2D eigenvalue weighted by atomic mass is 10.2. The van der Waals surface area contributed by atoms with Crippen LogP contribution in [0.2, 0.25) is 0 Å². The summed E-state index contributed by atoms with van der Waals surface area (Å²) in [7, 11) is 1.67. The van der Waals surface area contributed by atoms with Crippen molar-refractivity contribution < 1.29 is 14.3 Å². The highest BCUT2D eigenvalue weighted by Crippen LogP contribution is 2.24. The molecule has 0 atom stereocenters. The van der Waals surface area contributed by atoms with Crippen molar-refractivity contribution in [2.24, 2.45) is 4.99 Å². The fraction of sp³-hybridized carbons (Fsp3) is 0.364. The quantitative estimate of drug-likeness (QED) is 0.473. The molecule has 0 radical (unpaired) electrons. The van der Waals surface area contributed by atoms with E-state index in [-0.39, 0.29) is 5.91 Å². The van der Waals surface area contributed by atoms with Crippen LogP contribution in [0.25, 0.3) is 10.2 Å². The second-order valence-corrected chi connectivity index (χ2v) is 9.36. The number of aromatic nitrogens is 1. The van der Waals surface area contributed by atoms with Crippen LogP contribution >= 0.6 is 23.1 Å². The van der Waals surface area contributed by atoms with Crippen LogP contribution in [0.15, 0.2) is 52.4 Å². The van der Waals surface area contributed by atoms with Gasteiger partial charge in [-0.25, -0.2) is 0 Å². The number of ether oxygens (including phenoxy) is 2. The van der Waals surface area contributed by atoms with Crippen molar-refractivity contribution in [1.29, 1.82) is 0 Å². The Balaban J connectivity index is 1.97. The van der Waals surface area contributed by atoms with E-state index in [0.29, 0.717) is 35.4 Å². The summed E-state index contributed by atoms with van der Waals surface area (Å²) < 4.78 is 13.9. The summed E-state index contributed by atoms with van der Waals surface area (Å²) in [5.41, 5.74) is 1.61. The van der Waals surface area contributed by atoms with Crippen molar-refractivity contribution in [2.75, 3.05) is 20.3 Å². The molecule has 0 aliphatic carbocycles. The van der Waals surface area contributed by atoms with Crippen molar-refractivity contribution in [2.45, 2.75) is 37.5 Å². The number of thiazole rings is 1. The summed E-state index contributed by atoms with van der Waals surface area (Å²) in [5.74, 6) is 0.574. The lowest BCUT2D eigenvalue weighted by Gasteiger charge is -2.06. The van der Waals surface area contributed by atoms with Gasteiger partial charge in [0.05, 0.1) is 23.4 Å². The van der Waals surface area contributed by atoms with Gasteiger partial charge >= 0.3 is 0 Å². The summed E-state index contributed by atoms with van der Waals surface area (Å²) in [4.78, 5) is 19.0. The van der Waals surface area contributed by atoms with E-state index in [2.05, 4.69) is 18.8 Å². The Morgan fingerprint density at radius 3 is 2.62 bits per heavy atom. The molecule has 154 valence electrons. The summed E-state index contributed by atoms with van der Waals surface area (Å²) in [5, 5.41) is 0.501. The standard InChI is InChI=1S/C22H26N2O3S2/c1-5-27-17-8-11-19-20(14-17)29-22(24(19)12-13-26-4)23-21(25)16-6-9-18(10-7-16)28-15(2)3/h6-11,14-15H,5,12-13H2,1-4H3. The zero-order valence-corrected chi connectivity index (χ0v) is 18.8. The van der Waals surface area contributed by atoms with Crippen molar-refractivity contribution >= 4 is 39.2 Å². The molecule has 0 spiro atoms. The van der Waals surface area contributed by atoms with Gasteiger partial charge in [-0.05, 0) is 49.4 Å². The number of fused-ring (bicyclic) bond motifs is 1. The Hall–Kier alpha value is -2.09. The maximum Gasteiger partial charge on any atom is 0.279 e. The van der Waals surface area contributed by atoms with Gasteiger partial charge in [-0.1, -0.05) is 25.2 Å². The van der Waals surface area contributed by atoms with Crippen LogP contribution in [0.5, 0.6) is 5.75 Å². The Morgan fingerprint density at radius 2 is 1.97 bits per heavy atom. The SMILES string of the molecule is CCOc1ccc2c(c1)sc(=NC(=O)c1ccc(SC(C)C)cc1)n2CCOC. The molecule has 0 saturated carbocycles. The maximum absolute atomic E-state index is 12.8. The second-order valence-electron chi connectivity index (χ2n) is 6.70. The van der Waals surface area contributed by atoms with E-state index in [9.17, 15) is 4.79 Å². The van der Waals surface area contributed by atoms with Gasteiger partial charge in [0.1, 0.15) is 5.75 Å². The second kappa shape index (κ2) is 10.1. The van der Waals surface area contributed by atoms with E-state index in [1.54, 1.807) is 18.9 Å². The summed E-state index contributed by atoms with van der Waals surface area (Å²) in [6, 6.07) is 13.6. The smallest absolute Gasteiger partial charge is 0.279 e. The van der Waals surface area contributed by atoms with Crippen LogP contribution in [0.3, 0.4) is 0 Å². The number of methoxy groups -OCH3 is 1. The number of carbonyl (C=O) groups is 1. The van der Waals surface area contributed by atoms with E-state index in [4.69, 9.17) is 9.47 Å². The number of hydrogen-bond acceptors (Lipinski definition) is 5. The minimum atomic E-state index is -0.242. The molecule has 2 aromatic carbocycles. The van der Waals surface area contributed by atoms with Gasteiger partial charge < -0.3 is 14.0 Å². The number of amides is 1. The van der Waals surface area contributed by atoms with Crippen LogP contribution in [0, 0.1) is 0 Å². The molecule has 3 aromatic rings. The molecule has 1 amide bonds. The molecular weight excluding hydrogens is 404 g/mol. The first-order valence-corrected chi connectivity index (χ1v) is 11.3. The van der Waals surface area contributed by atoms with Crippen LogP contribution < -0.4 is 9.54 Å². The third-order valence-corrected chi connectivity index (χ3v) is 6.21. The van der Waals surface area contributed by atoms with Gasteiger partial charge in [0.15, 0.2) is 4.80 Å². The lowest BCUT2D eigenvalue weighted by Crippen LogP contribution is -2.19. The third kappa shape index (κ3) is 5.50. The first-order valence-electron chi connectivity index (χ1n) is 9.62. The maximum atomic E-state index is 12.8. The highest BCUT2D eigenvalue weighted by Gasteiger charge is 2.11. The summed E-state index contributed by atoms with van der Waals surface area (Å²) >= 11 is 3.26. The Morgan fingerprint density at radius 1 is 1.21 bits per heavy atom. The number of hydrogen-bond donors (Lipinski definition) is 0. The first kappa shape index (κ1) is 21.6. The molecule has 3 rings (SSSR count). The molecule has 0 fully saturated rings. The molecule has 5 nitrogen and oxygen atoms in total. The van der Waals surface area contributed by atoms with Crippen molar-refractivity contribution in [3.8, 4) is 5.75 Å². The topological polar surface area (TPSA) is 52.8 Å². The van der Waals surface area contributed by atoms with E-state index < -0.39 is 0 Å². The number of rotatable bonds is 8. The van der Waals surface area contributed by atoms with Crippen LogP contribution in [-0.2, 0) is 11.3 Å². The highest BCUT2D eigenvalue weighted by atomic mass is 32.2. The summed E-state index contributed by atoms with van der Waals surface area (Å²) in [6.45, 7) is 8.04. The molecule has 0 unspecified atom stereocenters. The molecule has 0 N–H and O–H groups in total. The minimum absolute atomic E-state index is 0.242. The molecule has 1 heterocycles. The van der Waals surface area contributed by atoms with Crippen molar-refractivity contribution in [3.05, 3.63) is 52.8 Å². The number of thioether (sulfide) groups is 1. The predicted octanol–water partition coefficient (Wildman–Crippen LogP) is 4.99. The van der Waals surface area contributed by atoms with Crippen molar-refractivity contribution in [1.82, 2.24) is 4.57 Å². The third-order valence-electron chi connectivity index (χ3n) is 4.15. The molecule has 29 heavy (non-hydrogen) atoms. The minimum Gasteiger partial charge on any atom is -0.494 e. The molecule has 7 heteroatoms. The Kier molecular flexibility index (Phi) is 7.52. The van der Waals surface area contributed by atoms with Gasteiger partial charge in [-0.2, -0.15) is 4.99 Å². The molecule has 0 aliphatic heterocycles. The average molecular weight is 431 g/mol. The van der Waals surface area contributed by atoms with E-state index in [1.165, 1.54) is 11.3 Å². The van der Waals surface area contributed by atoms with Gasteiger partial charge in [0.2, 0.25) is 0 Å². The first-order chi connectivity index (χ1) is 14.0. The average Bonchev–Trinajstić information content (AvgIpc) is 3.02. The Bertz CT molecular complexity index is 1040. The molecule has 0 bridgehead atoms. The Labute approximate surface area is 179 Å². The normalized spacial score (nSPS) is 12.1. The monoisotopic (exact) mass is 430 g/mol. The number of carbonyl (C=O) groups excluding carboxylic acids is 1.